The molecule has 1 aromatic rings. The van der Waals surface area contributed by atoms with Gasteiger partial charge in [-0.15, -0.1) is 0 Å². The predicted octanol–water partition coefficient (Wildman–Crippen LogP) is 4.55. The lowest BCUT2D eigenvalue weighted by molar-refractivity contribution is -0.144. The first-order chi connectivity index (χ1) is 9.05. The van der Waals surface area contributed by atoms with E-state index in [1.165, 1.54) is 12.1 Å². The van der Waals surface area contributed by atoms with Gasteiger partial charge in [0.1, 0.15) is 29.8 Å². The number of benzene rings is 1. The van der Waals surface area contributed by atoms with E-state index in [1.54, 1.807) is 6.92 Å². The fourth-order valence-electron chi connectivity index (χ4n) is 1.31. The maximum Gasteiger partial charge on any atom is 0.130 e. The second-order valence-electron chi connectivity index (χ2n) is 3.68. The summed E-state index contributed by atoms with van der Waals surface area (Å²) in [5, 5.41) is 0. The second kappa shape index (κ2) is 7.43. The summed E-state index contributed by atoms with van der Waals surface area (Å²) in [5.74, 6) is -0.582. The van der Waals surface area contributed by atoms with E-state index < -0.39 is 11.6 Å². The number of rotatable bonds is 6. The van der Waals surface area contributed by atoms with Gasteiger partial charge in [-0.2, -0.15) is 4.94 Å². The quantitative estimate of drug-likeness (QED) is 0.557. The zero-order valence-corrected chi connectivity index (χ0v) is 10.3. The van der Waals surface area contributed by atoms with E-state index in [0.29, 0.717) is 5.76 Å². The van der Waals surface area contributed by atoms with Gasteiger partial charge in [-0.3, -0.25) is 0 Å². The molecule has 0 spiro atoms. The predicted molar refractivity (Wildman–Crippen MR) is 66.1 cm³/mol. The number of halogens is 3. The van der Waals surface area contributed by atoms with Crippen molar-refractivity contribution in [3.05, 3.63) is 66.0 Å². The van der Waals surface area contributed by atoms with E-state index in [0.717, 1.165) is 24.3 Å². The lowest BCUT2D eigenvalue weighted by Crippen LogP contribution is -1.94. The standard InChI is InChI=1S/C14H13F3O2/c1-3-12(15)5-4-10(2)19-14-7-11(9-18-17)6-13(16)8-14/h3-8H,1,9H2,2H3/b10-4+,12-5+. The highest BCUT2D eigenvalue weighted by atomic mass is 19.3. The summed E-state index contributed by atoms with van der Waals surface area (Å²) in [7, 11) is 0. The highest BCUT2D eigenvalue weighted by molar-refractivity contribution is 5.31. The summed E-state index contributed by atoms with van der Waals surface area (Å²) in [5.41, 5.74) is 0.290. The third-order valence-electron chi connectivity index (χ3n) is 2.10. The molecular weight excluding hydrogens is 257 g/mol. The van der Waals surface area contributed by atoms with Gasteiger partial charge in [0.05, 0.1) is 0 Å². The molecule has 1 aromatic carbocycles. The number of hydrogen-bond donors (Lipinski definition) is 0. The SMILES string of the molecule is C=C/C(F)=C\C=C(/C)Oc1cc(F)cc(COF)c1. The molecule has 0 fully saturated rings. The van der Waals surface area contributed by atoms with Crippen molar-refractivity contribution in [2.75, 3.05) is 0 Å². The summed E-state index contributed by atoms with van der Waals surface area (Å²) in [6.45, 7) is 4.45. The number of allylic oxidation sites excluding steroid dienone is 5. The molecule has 0 aliphatic heterocycles. The zero-order valence-electron chi connectivity index (χ0n) is 10.3. The monoisotopic (exact) mass is 270 g/mol. The van der Waals surface area contributed by atoms with Crippen LogP contribution in [0.2, 0.25) is 0 Å². The molecule has 0 saturated carbocycles. The molecule has 0 N–H and O–H groups in total. The van der Waals surface area contributed by atoms with Gasteiger partial charge in [-0.05, 0) is 47.4 Å². The van der Waals surface area contributed by atoms with Crippen LogP contribution in [0.4, 0.5) is 13.3 Å². The zero-order chi connectivity index (χ0) is 14.3. The Bertz CT molecular complexity index is 507. The maximum absolute atomic E-state index is 13.2. The van der Waals surface area contributed by atoms with Gasteiger partial charge in [0.25, 0.3) is 0 Å². The Morgan fingerprint density at radius 1 is 1.32 bits per heavy atom. The topological polar surface area (TPSA) is 18.5 Å². The van der Waals surface area contributed by atoms with Crippen molar-refractivity contribution in [3.63, 3.8) is 0 Å². The summed E-state index contributed by atoms with van der Waals surface area (Å²) in [6.07, 6.45) is 3.57. The van der Waals surface area contributed by atoms with Crippen LogP contribution >= 0.6 is 0 Å². The van der Waals surface area contributed by atoms with Crippen molar-refractivity contribution in [1.82, 2.24) is 0 Å². The molecule has 0 saturated heterocycles. The van der Waals surface area contributed by atoms with Gasteiger partial charge in [0, 0.05) is 6.07 Å². The smallest absolute Gasteiger partial charge is 0.130 e. The molecule has 0 aromatic heterocycles. The van der Waals surface area contributed by atoms with Crippen LogP contribution in [0.3, 0.4) is 0 Å². The summed E-state index contributed by atoms with van der Waals surface area (Å²) >= 11 is 0. The van der Waals surface area contributed by atoms with Crippen molar-refractivity contribution in [1.29, 1.82) is 0 Å². The average Bonchev–Trinajstić information content (AvgIpc) is 2.35. The Labute approximate surface area is 109 Å². The van der Waals surface area contributed by atoms with Crippen LogP contribution in [0.5, 0.6) is 5.75 Å². The fraction of sp³-hybridized carbons (Fsp3) is 0.143. The first kappa shape index (κ1) is 15.0. The second-order valence-corrected chi connectivity index (χ2v) is 3.68. The third-order valence-corrected chi connectivity index (χ3v) is 2.10. The Kier molecular flexibility index (Phi) is 5.89. The molecule has 19 heavy (non-hydrogen) atoms. The van der Waals surface area contributed by atoms with Gasteiger partial charge >= 0.3 is 0 Å². The van der Waals surface area contributed by atoms with E-state index in [4.69, 9.17) is 4.74 Å². The molecule has 0 bridgehead atoms. The van der Waals surface area contributed by atoms with Crippen LogP contribution in [0.1, 0.15) is 12.5 Å². The molecule has 0 atom stereocenters. The number of ether oxygens (including phenoxy) is 1. The summed E-state index contributed by atoms with van der Waals surface area (Å²) < 4.78 is 43.0. The van der Waals surface area contributed by atoms with Gasteiger partial charge < -0.3 is 4.74 Å². The molecule has 0 unspecified atom stereocenters. The van der Waals surface area contributed by atoms with Crippen LogP contribution in [0.15, 0.2) is 54.6 Å². The lowest BCUT2D eigenvalue weighted by atomic mass is 10.2. The summed E-state index contributed by atoms with van der Waals surface area (Å²) in [4.78, 5) is 3.43. The molecule has 0 heterocycles. The first-order valence-corrected chi connectivity index (χ1v) is 5.42. The number of hydrogen-bond acceptors (Lipinski definition) is 2. The van der Waals surface area contributed by atoms with Crippen LogP contribution in [0.25, 0.3) is 0 Å². The molecular formula is C14H13F3O2. The van der Waals surface area contributed by atoms with E-state index in [-0.39, 0.29) is 17.9 Å². The third kappa shape index (κ3) is 5.44. The van der Waals surface area contributed by atoms with Crippen LogP contribution in [-0.4, -0.2) is 0 Å². The Morgan fingerprint density at radius 3 is 2.68 bits per heavy atom. The van der Waals surface area contributed by atoms with Crippen molar-refractivity contribution < 1.29 is 23.0 Å². The molecule has 0 radical (unpaired) electrons. The van der Waals surface area contributed by atoms with Gasteiger partial charge in [0.15, 0.2) is 0 Å². The van der Waals surface area contributed by atoms with Crippen LogP contribution in [0, 0.1) is 5.82 Å². The molecule has 0 amide bonds. The highest BCUT2D eigenvalue weighted by Crippen LogP contribution is 2.19. The summed E-state index contributed by atoms with van der Waals surface area (Å²) in [6, 6.07) is 3.68. The Balaban J connectivity index is 2.84. The minimum absolute atomic E-state index is 0.174. The maximum atomic E-state index is 13.2. The Morgan fingerprint density at radius 2 is 2.05 bits per heavy atom. The van der Waals surface area contributed by atoms with E-state index >= 15 is 0 Å². The average molecular weight is 270 g/mol. The van der Waals surface area contributed by atoms with Crippen LogP contribution in [-0.2, 0) is 11.5 Å². The van der Waals surface area contributed by atoms with E-state index in [2.05, 4.69) is 11.5 Å². The van der Waals surface area contributed by atoms with Gasteiger partial charge in [0.2, 0.25) is 0 Å². The van der Waals surface area contributed by atoms with Crippen molar-refractivity contribution >= 4 is 0 Å². The molecule has 0 aliphatic rings. The normalized spacial score (nSPS) is 12.4. The molecule has 5 heteroatoms. The minimum atomic E-state index is -0.579. The van der Waals surface area contributed by atoms with E-state index in [1.807, 2.05) is 0 Å². The minimum Gasteiger partial charge on any atom is -0.462 e. The molecule has 0 aliphatic carbocycles. The first-order valence-electron chi connectivity index (χ1n) is 5.42. The highest BCUT2D eigenvalue weighted by Gasteiger charge is 2.03. The van der Waals surface area contributed by atoms with E-state index in [9.17, 15) is 13.3 Å². The van der Waals surface area contributed by atoms with Gasteiger partial charge in [-0.25, -0.2) is 8.78 Å². The molecule has 2 nitrogen and oxygen atoms in total. The van der Waals surface area contributed by atoms with Crippen LogP contribution < -0.4 is 4.74 Å². The molecule has 1 rings (SSSR count). The van der Waals surface area contributed by atoms with Crippen molar-refractivity contribution in [3.8, 4) is 5.75 Å². The fourth-order valence-corrected chi connectivity index (χ4v) is 1.31. The lowest BCUT2D eigenvalue weighted by Gasteiger charge is -2.07. The Hall–Kier alpha value is -2.01. The largest absolute Gasteiger partial charge is 0.462 e. The van der Waals surface area contributed by atoms with Gasteiger partial charge in [-0.1, -0.05) is 6.58 Å². The van der Waals surface area contributed by atoms with Crippen molar-refractivity contribution in [2.45, 2.75) is 13.5 Å². The van der Waals surface area contributed by atoms with Crippen molar-refractivity contribution in [2.24, 2.45) is 0 Å². The molecule has 102 valence electrons.